The van der Waals surface area contributed by atoms with E-state index < -0.39 is 5.91 Å². The summed E-state index contributed by atoms with van der Waals surface area (Å²) in [4.78, 5) is 28.0. The maximum atomic E-state index is 12.6. The predicted molar refractivity (Wildman–Crippen MR) is 90.3 cm³/mol. The van der Waals surface area contributed by atoms with Crippen LogP contribution in [0.2, 0.25) is 0 Å². The van der Waals surface area contributed by atoms with E-state index in [-0.39, 0.29) is 11.0 Å². The minimum atomic E-state index is -0.440. The molecule has 0 spiro atoms. The monoisotopic (exact) mass is 308 g/mol. The molecule has 2 aromatic carbocycles. The fourth-order valence-corrected chi connectivity index (χ4v) is 2.47. The number of hydrogen-bond donors (Lipinski definition) is 2. The van der Waals surface area contributed by atoms with Crippen LogP contribution in [0.3, 0.4) is 0 Å². The summed E-state index contributed by atoms with van der Waals surface area (Å²) in [6.07, 6.45) is 1.42. The molecule has 0 saturated carbocycles. The van der Waals surface area contributed by atoms with E-state index in [9.17, 15) is 9.59 Å². The Morgan fingerprint density at radius 1 is 1.13 bits per heavy atom. The Bertz CT molecular complexity index is 944. The molecule has 0 saturated heterocycles. The number of para-hydroxylation sites is 2. The number of fused-ring (bicyclic) bond motifs is 1. The SMILES string of the molecule is COc1cccc2c(=O)c(C(=O)Nc3ccccc3C)c[nH]c12. The Balaban J connectivity index is 2.04. The number of pyridine rings is 1. The zero-order valence-electron chi connectivity index (χ0n) is 12.8. The second kappa shape index (κ2) is 5.96. The molecule has 3 rings (SSSR count). The molecule has 0 aliphatic heterocycles. The first-order chi connectivity index (χ1) is 11.1. The summed E-state index contributed by atoms with van der Waals surface area (Å²) in [5, 5.41) is 3.19. The van der Waals surface area contributed by atoms with E-state index in [1.807, 2.05) is 25.1 Å². The van der Waals surface area contributed by atoms with Gasteiger partial charge in [-0.1, -0.05) is 24.3 Å². The Morgan fingerprint density at radius 3 is 2.65 bits per heavy atom. The lowest BCUT2D eigenvalue weighted by Gasteiger charge is -2.09. The van der Waals surface area contributed by atoms with Crippen LogP contribution in [0.1, 0.15) is 15.9 Å². The van der Waals surface area contributed by atoms with Crippen molar-refractivity contribution < 1.29 is 9.53 Å². The number of amides is 1. The van der Waals surface area contributed by atoms with Crippen LogP contribution < -0.4 is 15.5 Å². The average molecular weight is 308 g/mol. The molecular weight excluding hydrogens is 292 g/mol. The van der Waals surface area contributed by atoms with Gasteiger partial charge >= 0.3 is 0 Å². The maximum absolute atomic E-state index is 12.6. The van der Waals surface area contributed by atoms with E-state index in [0.717, 1.165) is 5.56 Å². The lowest BCUT2D eigenvalue weighted by atomic mass is 10.1. The van der Waals surface area contributed by atoms with Crippen molar-refractivity contribution in [2.45, 2.75) is 6.92 Å². The molecule has 1 heterocycles. The average Bonchev–Trinajstić information content (AvgIpc) is 2.57. The van der Waals surface area contributed by atoms with Gasteiger partial charge in [0.15, 0.2) is 0 Å². The first kappa shape index (κ1) is 14.8. The minimum absolute atomic E-state index is 0.0639. The van der Waals surface area contributed by atoms with Crippen molar-refractivity contribution in [1.82, 2.24) is 4.98 Å². The summed E-state index contributed by atoms with van der Waals surface area (Å²) in [5.41, 5.74) is 1.92. The lowest BCUT2D eigenvalue weighted by Crippen LogP contribution is -2.22. The van der Waals surface area contributed by atoms with Crippen LogP contribution >= 0.6 is 0 Å². The highest BCUT2D eigenvalue weighted by atomic mass is 16.5. The summed E-state index contributed by atoms with van der Waals surface area (Å²) in [6, 6.07) is 12.6. The smallest absolute Gasteiger partial charge is 0.261 e. The fourth-order valence-electron chi connectivity index (χ4n) is 2.47. The number of nitrogens with one attached hydrogen (secondary N) is 2. The number of rotatable bonds is 3. The van der Waals surface area contributed by atoms with Gasteiger partial charge in [0.2, 0.25) is 5.43 Å². The van der Waals surface area contributed by atoms with E-state index >= 15 is 0 Å². The molecule has 0 unspecified atom stereocenters. The predicted octanol–water partition coefficient (Wildman–Crippen LogP) is 3.10. The summed E-state index contributed by atoms with van der Waals surface area (Å²) in [5.74, 6) is 0.121. The van der Waals surface area contributed by atoms with Gasteiger partial charge in [0.25, 0.3) is 5.91 Å². The van der Waals surface area contributed by atoms with Gasteiger partial charge in [0.1, 0.15) is 11.3 Å². The van der Waals surface area contributed by atoms with Crippen LogP contribution in [-0.2, 0) is 0 Å². The molecule has 116 valence electrons. The van der Waals surface area contributed by atoms with Gasteiger partial charge in [-0.15, -0.1) is 0 Å². The number of methoxy groups -OCH3 is 1. The van der Waals surface area contributed by atoms with Crippen molar-refractivity contribution in [3.8, 4) is 5.75 Å². The summed E-state index contributed by atoms with van der Waals surface area (Å²) >= 11 is 0. The fraction of sp³-hybridized carbons (Fsp3) is 0.111. The van der Waals surface area contributed by atoms with E-state index in [1.54, 1.807) is 24.3 Å². The number of aryl methyl sites for hydroxylation is 1. The Kier molecular flexibility index (Phi) is 3.85. The van der Waals surface area contributed by atoms with Crippen LogP contribution in [0.25, 0.3) is 10.9 Å². The number of anilines is 1. The summed E-state index contributed by atoms with van der Waals surface area (Å²) < 4.78 is 5.22. The molecule has 2 N–H and O–H groups in total. The zero-order chi connectivity index (χ0) is 16.4. The maximum Gasteiger partial charge on any atom is 0.261 e. The van der Waals surface area contributed by atoms with Crippen molar-refractivity contribution in [1.29, 1.82) is 0 Å². The molecule has 0 radical (unpaired) electrons. The third-order valence-electron chi connectivity index (χ3n) is 3.73. The molecule has 5 heteroatoms. The van der Waals surface area contributed by atoms with Gasteiger partial charge in [-0.05, 0) is 30.7 Å². The van der Waals surface area contributed by atoms with Gasteiger partial charge in [-0.25, -0.2) is 0 Å². The number of benzene rings is 2. The largest absolute Gasteiger partial charge is 0.495 e. The van der Waals surface area contributed by atoms with E-state index in [1.165, 1.54) is 13.3 Å². The quantitative estimate of drug-likeness (QED) is 0.781. The summed E-state index contributed by atoms with van der Waals surface area (Å²) in [7, 11) is 1.53. The highest BCUT2D eigenvalue weighted by molar-refractivity contribution is 6.06. The van der Waals surface area contributed by atoms with Crippen LogP contribution in [-0.4, -0.2) is 18.0 Å². The van der Waals surface area contributed by atoms with Crippen molar-refractivity contribution in [3.05, 3.63) is 70.0 Å². The molecule has 0 fully saturated rings. The highest BCUT2D eigenvalue weighted by Gasteiger charge is 2.15. The van der Waals surface area contributed by atoms with Crippen LogP contribution in [0.5, 0.6) is 5.75 Å². The number of aromatic amines is 1. The topological polar surface area (TPSA) is 71.2 Å². The number of ether oxygens (including phenoxy) is 1. The molecule has 0 bridgehead atoms. The van der Waals surface area contributed by atoms with Crippen LogP contribution in [0.15, 0.2) is 53.5 Å². The van der Waals surface area contributed by atoms with Gasteiger partial charge in [0, 0.05) is 11.9 Å². The number of carbonyl (C=O) groups is 1. The molecule has 1 aromatic heterocycles. The molecule has 0 aliphatic rings. The van der Waals surface area contributed by atoms with Gasteiger partial charge in [-0.2, -0.15) is 0 Å². The highest BCUT2D eigenvalue weighted by Crippen LogP contribution is 2.21. The molecule has 0 aliphatic carbocycles. The van der Waals surface area contributed by atoms with Gasteiger partial charge in [0.05, 0.1) is 18.0 Å². The molecule has 0 atom stereocenters. The Hall–Kier alpha value is -3.08. The molecule has 5 nitrogen and oxygen atoms in total. The Labute approximate surface area is 132 Å². The van der Waals surface area contributed by atoms with Gasteiger partial charge < -0.3 is 15.0 Å². The van der Waals surface area contributed by atoms with Gasteiger partial charge in [-0.3, -0.25) is 9.59 Å². The number of aromatic nitrogens is 1. The number of hydrogen-bond acceptors (Lipinski definition) is 3. The van der Waals surface area contributed by atoms with Crippen molar-refractivity contribution >= 4 is 22.5 Å². The second-order valence-electron chi connectivity index (χ2n) is 5.18. The molecular formula is C18H16N2O3. The lowest BCUT2D eigenvalue weighted by molar-refractivity contribution is 0.102. The zero-order valence-corrected chi connectivity index (χ0v) is 12.8. The molecule has 3 aromatic rings. The number of carbonyl (C=O) groups excluding carboxylic acids is 1. The Morgan fingerprint density at radius 2 is 1.91 bits per heavy atom. The summed E-state index contributed by atoms with van der Waals surface area (Å²) in [6.45, 7) is 1.89. The van der Waals surface area contributed by atoms with E-state index in [4.69, 9.17) is 4.74 Å². The third-order valence-corrected chi connectivity index (χ3v) is 3.73. The standard InChI is InChI=1S/C18H16N2O3/c1-11-6-3-4-8-14(11)20-18(22)13-10-19-16-12(17(13)21)7-5-9-15(16)23-2/h3-10H,1-2H3,(H,19,21)(H,20,22). The van der Waals surface area contributed by atoms with E-state index in [2.05, 4.69) is 10.3 Å². The molecule has 1 amide bonds. The van der Waals surface area contributed by atoms with E-state index in [0.29, 0.717) is 22.3 Å². The van der Waals surface area contributed by atoms with Crippen molar-refractivity contribution in [2.75, 3.05) is 12.4 Å². The van der Waals surface area contributed by atoms with Crippen LogP contribution in [0.4, 0.5) is 5.69 Å². The first-order valence-electron chi connectivity index (χ1n) is 7.17. The normalized spacial score (nSPS) is 10.5. The minimum Gasteiger partial charge on any atom is -0.495 e. The number of H-pyrrole nitrogens is 1. The van der Waals surface area contributed by atoms with Crippen LogP contribution in [0, 0.1) is 6.92 Å². The van der Waals surface area contributed by atoms with Crippen molar-refractivity contribution in [3.63, 3.8) is 0 Å². The van der Waals surface area contributed by atoms with Crippen molar-refractivity contribution in [2.24, 2.45) is 0 Å². The third kappa shape index (κ3) is 2.68. The second-order valence-corrected chi connectivity index (χ2v) is 5.18. The first-order valence-corrected chi connectivity index (χ1v) is 7.17. The molecule has 23 heavy (non-hydrogen) atoms.